The van der Waals surface area contributed by atoms with Gasteiger partial charge in [-0.1, -0.05) is 11.6 Å². The maximum Gasteiger partial charge on any atom is 0.269 e. The van der Waals surface area contributed by atoms with Gasteiger partial charge in [0.15, 0.2) is 0 Å². The van der Waals surface area contributed by atoms with Crippen LogP contribution in [0.5, 0.6) is 0 Å². The minimum atomic E-state index is -0.193. The molecule has 0 spiro atoms. The quantitative estimate of drug-likeness (QED) is 0.713. The van der Waals surface area contributed by atoms with Crippen LogP contribution in [0, 0.1) is 0 Å². The molecule has 0 saturated carbocycles. The van der Waals surface area contributed by atoms with Gasteiger partial charge in [-0.15, -0.1) is 0 Å². The highest BCUT2D eigenvalue weighted by Crippen LogP contribution is 2.11. The van der Waals surface area contributed by atoms with E-state index in [4.69, 9.17) is 17.3 Å². The van der Waals surface area contributed by atoms with Crippen molar-refractivity contribution >= 4 is 11.6 Å². The van der Waals surface area contributed by atoms with E-state index in [9.17, 15) is 4.79 Å². The Hall–Kier alpha value is -0.800. The maximum absolute atomic E-state index is 11.1. The predicted octanol–water partition coefficient (Wildman–Crippen LogP) is 1.06. The number of pyridine rings is 1. The Morgan fingerprint density at radius 2 is 2.25 bits per heavy atom. The largest absolute Gasteiger partial charge is 0.324 e. The number of hydrogen-bond donors (Lipinski definition) is 1. The van der Waals surface area contributed by atoms with Crippen LogP contribution >= 0.6 is 11.6 Å². The number of hydrogen-bond acceptors (Lipinski definition) is 2. The second-order valence-electron chi connectivity index (χ2n) is 2.83. The summed E-state index contributed by atoms with van der Waals surface area (Å²) in [6.07, 6.45) is 1.69. The molecule has 2 N–H and O–H groups in total. The molecule has 0 fully saturated rings. The third-order valence-corrected chi connectivity index (χ3v) is 1.96. The predicted molar refractivity (Wildman–Crippen MR) is 49.3 cm³/mol. The fraction of sp³-hybridized carbons (Fsp3) is 0.375. The van der Waals surface area contributed by atoms with E-state index in [1.807, 2.05) is 6.92 Å². The first-order chi connectivity index (χ1) is 5.52. The molecule has 1 aromatic rings. The maximum atomic E-state index is 11.1. The Morgan fingerprint density at radius 1 is 1.67 bits per heavy atom. The molecule has 3 nitrogen and oxygen atoms in total. The second-order valence-corrected chi connectivity index (χ2v) is 3.23. The lowest BCUT2D eigenvalue weighted by Gasteiger charge is -2.07. The standard InChI is InChI=1S/C8H11ClN2O/c1-5(10)6-3-7(9)8(12)11(2)4-6/h3-5H,10H2,1-2H3. The van der Waals surface area contributed by atoms with E-state index < -0.39 is 0 Å². The molecule has 4 heteroatoms. The first kappa shape index (κ1) is 9.29. The lowest BCUT2D eigenvalue weighted by Crippen LogP contribution is -2.19. The smallest absolute Gasteiger partial charge is 0.269 e. The molecule has 0 aliphatic rings. The van der Waals surface area contributed by atoms with E-state index in [1.54, 1.807) is 19.3 Å². The molecule has 0 aromatic carbocycles. The highest BCUT2D eigenvalue weighted by molar-refractivity contribution is 6.30. The summed E-state index contributed by atoms with van der Waals surface area (Å²) < 4.78 is 1.43. The van der Waals surface area contributed by atoms with Crippen LogP contribution in [-0.4, -0.2) is 4.57 Å². The molecule has 0 aliphatic heterocycles. The molecule has 1 unspecified atom stereocenters. The zero-order chi connectivity index (χ0) is 9.30. The van der Waals surface area contributed by atoms with Crippen molar-refractivity contribution < 1.29 is 0 Å². The van der Waals surface area contributed by atoms with Crippen LogP contribution in [0.15, 0.2) is 17.1 Å². The van der Waals surface area contributed by atoms with Crippen LogP contribution in [0.3, 0.4) is 0 Å². The minimum Gasteiger partial charge on any atom is -0.324 e. The molecular weight excluding hydrogens is 176 g/mol. The number of rotatable bonds is 1. The van der Waals surface area contributed by atoms with Crippen LogP contribution in [0.2, 0.25) is 5.02 Å². The Bertz CT molecular complexity index is 317. The van der Waals surface area contributed by atoms with Gasteiger partial charge in [0.2, 0.25) is 0 Å². The Labute approximate surface area is 75.8 Å². The minimum absolute atomic E-state index is 0.103. The molecule has 1 atom stereocenters. The lowest BCUT2D eigenvalue weighted by atomic mass is 10.1. The van der Waals surface area contributed by atoms with E-state index in [-0.39, 0.29) is 16.6 Å². The number of aromatic nitrogens is 1. The van der Waals surface area contributed by atoms with Gasteiger partial charge in [0.05, 0.1) is 0 Å². The van der Waals surface area contributed by atoms with Crippen LogP contribution in [0.4, 0.5) is 0 Å². The normalized spacial score (nSPS) is 13.0. The Morgan fingerprint density at radius 3 is 2.67 bits per heavy atom. The highest BCUT2D eigenvalue weighted by Gasteiger charge is 2.04. The zero-order valence-corrected chi connectivity index (χ0v) is 7.80. The summed E-state index contributed by atoms with van der Waals surface area (Å²) in [5, 5.41) is 0.215. The van der Waals surface area contributed by atoms with Gasteiger partial charge < -0.3 is 10.3 Å². The van der Waals surface area contributed by atoms with Crippen LogP contribution in [0.25, 0.3) is 0 Å². The van der Waals surface area contributed by atoms with E-state index in [1.165, 1.54) is 4.57 Å². The monoisotopic (exact) mass is 186 g/mol. The summed E-state index contributed by atoms with van der Waals surface area (Å²) in [4.78, 5) is 11.1. The van der Waals surface area contributed by atoms with Crippen molar-refractivity contribution in [3.63, 3.8) is 0 Å². The van der Waals surface area contributed by atoms with Crippen molar-refractivity contribution in [1.82, 2.24) is 4.57 Å². The molecule has 0 bridgehead atoms. The topological polar surface area (TPSA) is 48.0 Å². The van der Waals surface area contributed by atoms with Gasteiger partial charge in [-0.25, -0.2) is 0 Å². The number of halogens is 1. The highest BCUT2D eigenvalue weighted by atomic mass is 35.5. The third-order valence-electron chi connectivity index (χ3n) is 1.69. The molecule has 1 heterocycles. The summed E-state index contributed by atoms with van der Waals surface area (Å²) in [6.45, 7) is 1.84. The average molecular weight is 187 g/mol. The van der Waals surface area contributed by atoms with Crippen molar-refractivity contribution in [3.05, 3.63) is 33.2 Å². The van der Waals surface area contributed by atoms with Crippen molar-refractivity contribution in [2.45, 2.75) is 13.0 Å². The zero-order valence-electron chi connectivity index (χ0n) is 7.04. The molecule has 0 amide bonds. The number of nitrogens with two attached hydrogens (primary N) is 1. The number of aryl methyl sites for hydroxylation is 1. The van der Waals surface area contributed by atoms with Crippen molar-refractivity contribution in [2.24, 2.45) is 12.8 Å². The van der Waals surface area contributed by atoms with E-state index in [2.05, 4.69) is 0 Å². The molecule has 0 saturated heterocycles. The second kappa shape index (κ2) is 3.29. The van der Waals surface area contributed by atoms with E-state index >= 15 is 0 Å². The average Bonchev–Trinajstić information content (AvgIpc) is 1.99. The first-order valence-electron chi connectivity index (χ1n) is 3.64. The Balaban J connectivity index is 3.31. The molecule has 66 valence electrons. The molecule has 1 aromatic heterocycles. The lowest BCUT2D eigenvalue weighted by molar-refractivity contribution is 0.770. The molecule has 1 rings (SSSR count). The van der Waals surface area contributed by atoms with Gasteiger partial charge in [-0.05, 0) is 18.6 Å². The van der Waals surface area contributed by atoms with Crippen LogP contribution in [0.1, 0.15) is 18.5 Å². The van der Waals surface area contributed by atoms with Crippen molar-refractivity contribution in [3.8, 4) is 0 Å². The van der Waals surface area contributed by atoms with Gasteiger partial charge in [-0.2, -0.15) is 0 Å². The van der Waals surface area contributed by atoms with Gasteiger partial charge in [0.25, 0.3) is 5.56 Å². The summed E-state index contributed by atoms with van der Waals surface area (Å²) in [5.74, 6) is 0. The SMILES string of the molecule is CC(N)c1cc(Cl)c(=O)n(C)c1. The van der Waals surface area contributed by atoms with Gasteiger partial charge in [0, 0.05) is 19.3 Å². The van der Waals surface area contributed by atoms with Gasteiger partial charge in [0.1, 0.15) is 5.02 Å². The van der Waals surface area contributed by atoms with Crippen molar-refractivity contribution in [1.29, 1.82) is 0 Å². The van der Waals surface area contributed by atoms with Crippen LogP contribution < -0.4 is 11.3 Å². The molecule has 12 heavy (non-hydrogen) atoms. The van der Waals surface area contributed by atoms with Gasteiger partial charge >= 0.3 is 0 Å². The molecule has 0 radical (unpaired) electrons. The summed E-state index contributed by atoms with van der Waals surface area (Å²) >= 11 is 5.67. The molecule has 0 aliphatic carbocycles. The first-order valence-corrected chi connectivity index (χ1v) is 4.02. The fourth-order valence-electron chi connectivity index (χ4n) is 0.945. The summed E-state index contributed by atoms with van der Waals surface area (Å²) in [5.41, 5.74) is 6.30. The van der Waals surface area contributed by atoms with E-state index in [0.29, 0.717) is 0 Å². The summed E-state index contributed by atoms with van der Waals surface area (Å²) in [7, 11) is 1.65. The van der Waals surface area contributed by atoms with Gasteiger partial charge in [-0.3, -0.25) is 4.79 Å². The van der Waals surface area contributed by atoms with Crippen molar-refractivity contribution in [2.75, 3.05) is 0 Å². The van der Waals surface area contributed by atoms with Crippen LogP contribution in [-0.2, 0) is 7.05 Å². The molecular formula is C8H11ClN2O. The number of nitrogens with zero attached hydrogens (tertiary/aromatic N) is 1. The summed E-state index contributed by atoms with van der Waals surface area (Å²) in [6, 6.07) is 1.50. The third kappa shape index (κ3) is 1.68. The Kier molecular flexibility index (Phi) is 2.55. The fourth-order valence-corrected chi connectivity index (χ4v) is 1.20. The van der Waals surface area contributed by atoms with E-state index in [0.717, 1.165) is 5.56 Å².